The van der Waals surface area contributed by atoms with Gasteiger partial charge in [0.2, 0.25) is 5.91 Å². The number of rotatable bonds is 9. The molecule has 1 aromatic rings. The van der Waals surface area contributed by atoms with Crippen molar-refractivity contribution in [2.45, 2.75) is 51.5 Å². The van der Waals surface area contributed by atoms with E-state index in [1.165, 1.54) is 4.90 Å². The number of halogens is 1. The van der Waals surface area contributed by atoms with Crippen molar-refractivity contribution >= 4 is 39.5 Å². The van der Waals surface area contributed by atoms with Gasteiger partial charge in [0, 0.05) is 36.2 Å². The molecule has 2 aliphatic rings. The number of anilines is 1. The lowest BCUT2D eigenvalue weighted by molar-refractivity contribution is -0.131. The van der Waals surface area contributed by atoms with Gasteiger partial charge in [0.25, 0.3) is 5.91 Å². The topological polar surface area (TPSA) is 73.0 Å². The second-order valence-corrected chi connectivity index (χ2v) is 8.89. The van der Waals surface area contributed by atoms with Crippen LogP contribution in [0.15, 0.2) is 28.7 Å². The standard InChI is InChI=1S/C22H31BrN4O3/c1-3-25(4-2)14-15-26(18-9-7-8-17(23)16-18)19(28)10-13-27-20(29)22(24-21(27)30)11-5-6-12-22/h7-9,16H,3-6,10-15H2,1-2H3,(H,24,30). The molecule has 1 aliphatic heterocycles. The van der Waals surface area contributed by atoms with Gasteiger partial charge in [0.1, 0.15) is 5.54 Å². The number of carbonyl (C=O) groups is 3. The van der Waals surface area contributed by atoms with Gasteiger partial charge in [-0.1, -0.05) is 48.7 Å². The number of imide groups is 1. The molecule has 4 amide bonds. The van der Waals surface area contributed by atoms with Crippen molar-refractivity contribution in [1.29, 1.82) is 0 Å². The maximum Gasteiger partial charge on any atom is 0.325 e. The molecule has 1 saturated heterocycles. The normalized spacial score (nSPS) is 17.8. The monoisotopic (exact) mass is 478 g/mol. The predicted molar refractivity (Wildman–Crippen MR) is 120 cm³/mol. The number of urea groups is 1. The van der Waals surface area contributed by atoms with E-state index in [0.717, 1.165) is 42.6 Å². The van der Waals surface area contributed by atoms with E-state index >= 15 is 0 Å². The summed E-state index contributed by atoms with van der Waals surface area (Å²) in [6, 6.07) is 7.28. The van der Waals surface area contributed by atoms with Crippen LogP contribution in [0.25, 0.3) is 0 Å². The first-order chi connectivity index (χ1) is 14.4. The zero-order chi connectivity index (χ0) is 21.7. The summed E-state index contributed by atoms with van der Waals surface area (Å²) >= 11 is 3.48. The highest BCUT2D eigenvalue weighted by Crippen LogP contribution is 2.35. The van der Waals surface area contributed by atoms with Crippen LogP contribution in [0.2, 0.25) is 0 Å². The summed E-state index contributed by atoms with van der Waals surface area (Å²) < 4.78 is 0.901. The first-order valence-corrected chi connectivity index (χ1v) is 11.6. The van der Waals surface area contributed by atoms with E-state index in [1.807, 2.05) is 24.3 Å². The van der Waals surface area contributed by atoms with Gasteiger partial charge in [-0.05, 0) is 44.1 Å². The molecule has 0 bridgehead atoms. The Kier molecular flexibility index (Phi) is 7.52. The summed E-state index contributed by atoms with van der Waals surface area (Å²) in [5.41, 5.74) is 0.0818. The second kappa shape index (κ2) is 9.92. The van der Waals surface area contributed by atoms with Gasteiger partial charge < -0.3 is 15.1 Å². The molecular weight excluding hydrogens is 448 g/mol. The number of hydrogen-bond acceptors (Lipinski definition) is 4. The van der Waals surface area contributed by atoms with Gasteiger partial charge in [-0.3, -0.25) is 14.5 Å². The van der Waals surface area contributed by atoms with Crippen molar-refractivity contribution in [3.05, 3.63) is 28.7 Å². The summed E-state index contributed by atoms with van der Waals surface area (Å²) in [7, 11) is 0. The summed E-state index contributed by atoms with van der Waals surface area (Å²) in [5, 5.41) is 2.88. The Morgan fingerprint density at radius 2 is 1.87 bits per heavy atom. The van der Waals surface area contributed by atoms with Crippen LogP contribution >= 0.6 is 15.9 Å². The van der Waals surface area contributed by atoms with E-state index in [-0.39, 0.29) is 30.8 Å². The second-order valence-electron chi connectivity index (χ2n) is 7.98. The lowest BCUT2D eigenvalue weighted by Crippen LogP contribution is -2.44. The maximum absolute atomic E-state index is 13.1. The van der Waals surface area contributed by atoms with Crippen molar-refractivity contribution in [2.24, 2.45) is 0 Å². The molecule has 1 spiro atoms. The fraction of sp³-hybridized carbons (Fsp3) is 0.591. The van der Waals surface area contributed by atoms with E-state index in [2.05, 4.69) is 40.0 Å². The van der Waals surface area contributed by atoms with Gasteiger partial charge in [-0.15, -0.1) is 0 Å². The summed E-state index contributed by atoms with van der Waals surface area (Å²) in [4.78, 5) is 43.6. The van der Waals surface area contributed by atoms with E-state index in [0.29, 0.717) is 19.4 Å². The quantitative estimate of drug-likeness (QED) is 0.552. The third-order valence-electron chi connectivity index (χ3n) is 6.21. The number of likely N-dealkylation sites (N-methyl/N-ethyl adjacent to an activating group) is 1. The van der Waals surface area contributed by atoms with Gasteiger partial charge in [-0.2, -0.15) is 0 Å². The molecule has 1 N–H and O–H groups in total. The lowest BCUT2D eigenvalue weighted by Gasteiger charge is -2.27. The molecule has 1 saturated carbocycles. The predicted octanol–water partition coefficient (Wildman–Crippen LogP) is 3.38. The van der Waals surface area contributed by atoms with E-state index in [4.69, 9.17) is 0 Å². The number of carbonyl (C=O) groups excluding carboxylic acids is 3. The molecule has 1 aromatic carbocycles. The zero-order valence-corrected chi connectivity index (χ0v) is 19.4. The maximum atomic E-state index is 13.1. The van der Waals surface area contributed by atoms with Gasteiger partial charge in [0.05, 0.1) is 0 Å². The van der Waals surface area contributed by atoms with Crippen molar-refractivity contribution in [3.63, 3.8) is 0 Å². The Balaban J connectivity index is 1.68. The molecule has 8 heteroatoms. The SMILES string of the molecule is CCN(CC)CCN(C(=O)CCN1C(=O)NC2(CCCC2)C1=O)c1cccc(Br)c1. The van der Waals surface area contributed by atoms with Crippen molar-refractivity contribution < 1.29 is 14.4 Å². The van der Waals surface area contributed by atoms with Crippen LogP contribution in [0.5, 0.6) is 0 Å². The summed E-state index contributed by atoms with van der Waals surface area (Å²) in [6.45, 7) is 7.47. The number of nitrogens with zero attached hydrogens (tertiary/aromatic N) is 3. The average molecular weight is 479 g/mol. The van der Waals surface area contributed by atoms with Crippen LogP contribution in [0, 0.1) is 0 Å². The Bertz CT molecular complexity index is 790. The fourth-order valence-electron chi connectivity index (χ4n) is 4.36. The molecule has 1 heterocycles. The minimum Gasteiger partial charge on any atom is -0.323 e. The Labute approximate surface area is 186 Å². The molecule has 164 valence electrons. The number of amides is 4. The molecular formula is C22H31BrN4O3. The molecule has 0 unspecified atom stereocenters. The number of nitrogens with one attached hydrogen (secondary N) is 1. The minimum atomic E-state index is -0.729. The zero-order valence-electron chi connectivity index (χ0n) is 17.8. The number of hydrogen-bond donors (Lipinski definition) is 1. The highest BCUT2D eigenvalue weighted by molar-refractivity contribution is 9.10. The van der Waals surface area contributed by atoms with Crippen LogP contribution in [0.1, 0.15) is 46.0 Å². The Morgan fingerprint density at radius 1 is 1.17 bits per heavy atom. The number of benzene rings is 1. The molecule has 0 aromatic heterocycles. The summed E-state index contributed by atoms with van der Waals surface area (Å²) in [5.74, 6) is -0.261. The largest absolute Gasteiger partial charge is 0.325 e. The van der Waals surface area contributed by atoms with Gasteiger partial charge in [0.15, 0.2) is 0 Å². The molecule has 0 atom stereocenters. The molecule has 0 radical (unpaired) electrons. The minimum absolute atomic E-state index is 0.0896. The third kappa shape index (κ3) is 4.86. The van der Waals surface area contributed by atoms with E-state index in [1.54, 1.807) is 4.90 Å². The van der Waals surface area contributed by atoms with E-state index < -0.39 is 5.54 Å². The van der Waals surface area contributed by atoms with Crippen molar-refractivity contribution in [1.82, 2.24) is 15.1 Å². The Hall–Kier alpha value is -1.93. The van der Waals surface area contributed by atoms with Crippen LogP contribution < -0.4 is 10.2 Å². The molecule has 7 nitrogen and oxygen atoms in total. The highest BCUT2D eigenvalue weighted by Gasteiger charge is 2.52. The first kappa shape index (κ1) is 22.7. The van der Waals surface area contributed by atoms with E-state index in [9.17, 15) is 14.4 Å². The lowest BCUT2D eigenvalue weighted by atomic mass is 9.98. The van der Waals surface area contributed by atoms with Crippen molar-refractivity contribution in [2.75, 3.05) is 37.6 Å². The summed E-state index contributed by atoms with van der Waals surface area (Å²) in [6.07, 6.45) is 3.38. The third-order valence-corrected chi connectivity index (χ3v) is 6.70. The van der Waals surface area contributed by atoms with Crippen LogP contribution in [0.3, 0.4) is 0 Å². The van der Waals surface area contributed by atoms with Crippen LogP contribution in [0.4, 0.5) is 10.5 Å². The van der Waals surface area contributed by atoms with Crippen molar-refractivity contribution in [3.8, 4) is 0 Å². The smallest absolute Gasteiger partial charge is 0.323 e. The molecule has 30 heavy (non-hydrogen) atoms. The highest BCUT2D eigenvalue weighted by atomic mass is 79.9. The average Bonchev–Trinajstić information content (AvgIpc) is 3.29. The fourth-order valence-corrected chi connectivity index (χ4v) is 4.75. The van der Waals surface area contributed by atoms with Crippen LogP contribution in [-0.4, -0.2) is 65.9 Å². The molecule has 2 fully saturated rings. The van der Waals surface area contributed by atoms with Gasteiger partial charge >= 0.3 is 6.03 Å². The van der Waals surface area contributed by atoms with Gasteiger partial charge in [-0.25, -0.2) is 4.79 Å². The first-order valence-electron chi connectivity index (χ1n) is 10.8. The van der Waals surface area contributed by atoms with Crippen LogP contribution in [-0.2, 0) is 9.59 Å². The molecule has 3 rings (SSSR count). The Morgan fingerprint density at radius 3 is 2.50 bits per heavy atom. The molecule has 1 aliphatic carbocycles.